The molecule has 1 N–H and O–H groups in total. The highest BCUT2D eigenvalue weighted by molar-refractivity contribution is 6.04. The first-order chi connectivity index (χ1) is 18.8. The van der Waals surface area contributed by atoms with Crippen LogP contribution in [0, 0.1) is 0 Å². The number of ether oxygens (including phenoxy) is 6. The summed E-state index contributed by atoms with van der Waals surface area (Å²) in [7, 11) is 4.08. The molecule has 0 amide bonds. The van der Waals surface area contributed by atoms with Crippen LogP contribution in [0.1, 0.15) is 35.4 Å². The molecule has 2 aromatic carbocycles. The van der Waals surface area contributed by atoms with Crippen LogP contribution in [0.5, 0.6) is 17.2 Å². The van der Waals surface area contributed by atoms with E-state index >= 15 is 0 Å². The molecule has 4 aliphatic rings. The normalized spacial score (nSPS) is 26.3. The molecule has 1 saturated heterocycles. The quantitative estimate of drug-likeness (QED) is 0.435. The van der Waals surface area contributed by atoms with Crippen molar-refractivity contribution < 1.29 is 43.1 Å². The van der Waals surface area contributed by atoms with Crippen molar-refractivity contribution in [3.63, 3.8) is 0 Å². The van der Waals surface area contributed by atoms with Gasteiger partial charge in [-0.1, -0.05) is 12.1 Å². The number of nitrogens with zero attached hydrogens (tertiary/aromatic N) is 1. The molecule has 0 radical (unpaired) electrons. The second kappa shape index (κ2) is 9.46. The fraction of sp³-hybridized carbons (Fsp3) is 0.448. The number of hydrogen-bond donors (Lipinski definition) is 1. The summed E-state index contributed by atoms with van der Waals surface area (Å²) >= 11 is 0. The molecular weight excluding hydrogens is 506 g/mol. The highest BCUT2D eigenvalue weighted by atomic mass is 16.7. The summed E-state index contributed by atoms with van der Waals surface area (Å²) in [6.45, 7) is 1.85. The Labute approximate surface area is 226 Å². The van der Waals surface area contributed by atoms with Crippen molar-refractivity contribution in [3.8, 4) is 17.2 Å². The molecule has 1 aliphatic carbocycles. The Hall–Kier alpha value is -3.76. The van der Waals surface area contributed by atoms with E-state index in [-0.39, 0.29) is 18.3 Å². The van der Waals surface area contributed by atoms with Crippen molar-refractivity contribution in [1.29, 1.82) is 0 Å². The van der Waals surface area contributed by atoms with Gasteiger partial charge in [-0.05, 0) is 67.3 Å². The molecule has 1 spiro atoms. The molecule has 0 bridgehead atoms. The van der Waals surface area contributed by atoms with Gasteiger partial charge in [0.2, 0.25) is 6.79 Å². The first kappa shape index (κ1) is 25.5. The minimum absolute atomic E-state index is 0.0264. The Morgan fingerprint density at radius 2 is 1.85 bits per heavy atom. The lowest BCUT2D eigenvalue weighted by Crippen LogP contribution is -2.50. The second-order valence-electron chi connectivity index (χ2n) is 10.2. The molecular formula is C29H31NO9. The third kappa shape index (κ3) is 3.76. The Bertz CT molecular complexity index is 1360. The van der Waals surface area contributed by atoms with E-state index < -0.39 is 29.2 Å². The highest BCUT2D eigenvalue weighted by Gasteiger charge is 2.60. The molecule has 0 saturated carbocycles. The van der Waals surface area contributed by atoms with Crippen LogP contribution in [0.3, 0.4) is 0 Å². The average molecular weight is 538 g/mol. The number of methoxy groups -OCH3 is 3. The van der Waals surface area contributed by atoms with Crippen LogP contribution in [0.2, 0.25) is 0 Å². The Balaban J connectivity index is 1.45. The Morgan fingerprint density at radius 1 is 1.05 bits per heavy atom. The van der Waals surface area contributed by atoms with E-state index in [1.54, 1.807) is 12.1 Å². The monoisotopic (exact) mass is 537 g/mol. The minimum atomic E-state index is -2.73. The topological polar surface area (TPSA) is 113 Å². The molecule has 39 heavy (non-hydrogen) atoms. The van der Waals surface area contributed by atoms with E-state index in [0.29, 0.717) is 23.0 Å². The highest BCUT2D eigenvalue weighted by Crippen LogP contribution is 2.55. The van der Waals surface area contributed by atoms with E-state index in [0.717, 1.165) is 50.6 Å². The van der Waals surface area contributed by atoms with Gasteiger partial charge in [-0.3, -0.25) is 4.90 Å². The number of carbonyl (C=O) groups excluding carboxylic acids is 2. The largest absolute Gasteiger partial charge is 0.497 e. The summed E-state index contributed by atoms with van der Waals surface area (Å²) in [5, 5.41) is 11.6. The maximum atomic E-state index is 13.9. The number of aliphatic hydroxyl groups is 1. The van der Waals surface area contributed by atoms with Gasteiger partial charge in [0.15, 0.2) is 17.6 Å². The fourth-order valence-corrected chi connectivity index (χ4v) is 6.61. The zero-order valence-corrected chi connectivity index (χ0v) is 22.1. The number of benzene rings is 2. The molecule has 10 heteroatoms. The van der Waals surface area contributed by atoms with Gasteiger partial charge in [-0.25, -0.2) is 9.59 Å². The summed E-state index contributed by atoms with van der Waals surface area (Å²) in [4.78, 5) is 29.2. The van der Waals surface area contributed by atoms with Gasteiger partial charge in [0.1, 0.15) is 11.5 Å². The third-order valence-corrected chi connectivity index (χ3v) is 8.46. The van der Waals surface area contributed by atoms with Gasteiger partial charge in [-0.15, -0.1) is 0 Å². The predicted molar refractivity (Wildman–Crippen MR) is 136 cm³/mol. The first-order valence-corrected chi connectivity index (χ1v) is 13.0. The lowest BCUT2D eigenvalue weighted by molar-refractivity contribution is -0.187. The number of carbonyl (C=O) groups is 2. The molecule has 3 aliphatic heterocycles. The van der Waals surface area contributed by atoms with E-state index in [4.69, 9.17) is 28.4 Å². The van der Waals surface area contributed by atoms with Crippen LogP contribution < -0.4 is 14.2 Å². The maximum Gasteiger partial charge on any atom is 0.355 e. The number of rotatable bonds is 6. The smallest absolute Gasteiger partial charge is 0.355 e. The average Bonchev–Trinajstić information content (AvgIpc) is 3.65. The molecule has 2 aromatic rings. The Kier molecular flexibility index (Phi) is 6.19. The summed E-state index contributed by atoms with van der Waals surface area (Å²) < 4.78 is 33.4. The Morgan fingerprint density at radius 3 is 2.59 bits per heavy atom. The second-order valence-corrected chi connectivity index (χ2v) is 10.2. The fourth-order valence-electron chi connectivity index (χ4n) is 6.61. The first-order valence-electron chi connectivity index (χ1n) is 13.0. The number of hydrogen-bond acceptors (Lipinski definition) is 10. The molecule has 1 fully saturated rings. The van der Waals surface area contributed by atoms with E-state index in [1.165, 1.54) is 26.4 Å². The van der Waals surface area contributed by atoms with Crippen molar-refractivity contribution in [1.82, 2.24) is 4.90 Å². The lowest BCUT2D eigenvalue weighted by atomic mass is 9.77. The van der Waals surface area contributed by atoms with Crippen LogP contribution in [0.4, 0.5) is 0 Å². The summed E-state index contributed by atoms with van der Waals surface area (Å²) in [5.41, 5.74) is -1.18. The van der Waals surface area contributed by atoms with Crippen LogP contribution in [0.25, 0.3) is 0 Å². The molecule has 1 unspecified atom stereocenters. The van der Waals surface area contributed by atoms with Crippen molar-refractivity contribution in [2.75, 3.05) is 41.2 Å². The van der Waals surface area contributed by atoms with Crippen molar-refractivity contribution in [2.24, 2.45) is 0 Å². The van der Waals surface area contributed by atoms with E-state index in [2.05, 4.69) is 4.90 Å². The summed E-state index contributed by atoms with van der Waals surface area (Å²) in [6.07, 6.45) is 3.73. The van der Waals surface area contributed by atoms with E-state index in [1.807, 2.05) is 18.2 Å². The van der Waals surface area contributed by atoms with Crippen LogP contribution in [-0.4, -0.2) is 74.8 Å². The SMILES string of the molecule is COC(=O)[C@@](O)(C(=O)O[C@@H]1C(OC)=C[C@]23CCCN2CCc2cc4c(cc2C13)OCO4)c1cccc(OC)c1. The summed E-state index contributed by atoms with van der Waals surface area (Å²) in [6, 6.07) is 10.0. The van der Waals surface area contributed by atoms with Gasteiger partial charge in [0.25, 0.3) is 5.60 Å². The molecule has 6 rings (SSSR count). The van der Waals surface area contributed by atoms with Crippen LogP contribution in [0.15, 0.2) is 48.2 Å². The van der Waals surface area contributed by atoms with Crippen molar-refractivity contribution >= 4 is 11.9 Å². The third-order valence-electron chi connectivity index (χ3n) is 8.46. The predicted octanol–water partition coefficient (Wildman–Crippen LogP) is 2.41. The standard InChI is InChI=1S/C29H31NO9/c1-34-19-7-4-6-18(13-19)29(33,26(31)36-3)27(32)39-25-23(35-2)15-28-9-5-10-30(28)11-8-17-12-21-22(38-16-37-21)14-20(17)24(25)28/h4,6-7,12-15,24-25,33H,5,8-11,16H2,1-3H3/t24?,25-,28+,29-/m1/s1. The van der Waals surface area contributed by atoms with Gasteiger partial charge >= 0.3 is 11.9 Å². The van der Waals surface area contributed by atoms with Crippen LogP contribution in [-0.2, 0) is 35.8 Å². The van der Waals surface area contributed by atoms with Gasteiger partial charge in [0.05, 0.1) is 32.8 Å². The minimum Gasteiger partial charge on any atom is -0.497 e. The molecule has 4 atom stereocenters. The maximum absolute atomic E-state index is 13.9. The van der Waals surface area contributed by atoms with Crippen molar-refractivity contribution in [3.05, 3.63) is 64.9 Å². The molecule has 206 valence electrons. The number of fused-ring (bicyclic) bond motifs is 3. The van der Waals surface area contributed by atoms with Crippen molar-refractivity contribution in [2.45, 2.75) is 42.4 Å². The summed E-state index contributed by atoms with van der Waals surface area (Å²) in [5.74, 6) is -0.549. The van der Waals surface area contributed by atoms with Gasteiger partial charge < -0.3 is 33.5 Å². The van der Waals surface area contributed by atoms with Gasteiger partial charge in [-0.2, -0.15) is 0 Å². The zero-order chi connectivity index (χ0) is 27.4. The van der Waals surface area contributed by atoms with E-state index in [9.17, 15) is 14.7 Å². The van der Waals surface area contributed by atoms with Gasteiger partial charge in [0, 0.05) is 12.1 Å². The lowest BCUT2D eigenvalue weighted by Gasteiger charge is -2.39. The molecule has 0 aromatic heterocycles. The molecule has 3 heterocycles. The number of esters is 2. The zero-order valence-electron chi connectivity index (χ0n) is 22.1. The van der Waals surface area contributed by atoms with Crippen LogP contribution >= 0.6 is 0 Å². The molecule has 10 nitrogen and oxygen atoms in total.